The molecule has 31 heavy (non-hydrogen) atoms. The van der Waals surface area contributed by atoms with E-state index < -0.39 is 11.6 Å². The number of nitrogens with zero attached hydrogens (tertiary/aromatic N) is 1. The van der Waals surface area contributed by atoms with Crippen LogP contribution in [0.5, 0.6) is 0 Å². The van der Waals surface area contributed by atoms with Crippen LogP contribution >= 0.6 is 0 Å². The molecule has 0 aromatic heterocycles. The smallest absolute Gasteiger partial charge is 0.347 e. The van der Waals surface area contributed by atoms with E-state index in [-0.39, 0.29) is 18.5 Å². The van der Waals surface area contributed by atoms with E-state index in [9.17, 15) is 9.90 Å². The van der Waals surface area contributed by atoms with Crippen LogP contribution in [0.2, 0.25) is 0 Å². The Kier molecular flexibility index (Phi) is 6.43. The number of esters is 1. The van der Waals surface area contributed by atoms with Gasteiger partial charge in [0.2, 0.25) is 5.60 Å². The van der Waals surface area contributed by atoms with Crippen LogP contribution in [-0.2, 0) is 15.1 Å². The van der Waals surface area contributed by atoms with Gasteiger partial charge in [-0.1, -0.05) is 60.7 Å². The number of quaternary nitrogens is 1. The normalized spacial score (nSPS) is 26.8. The molecule has 0 aliphatic carbocycles. The fraction of sp³-hybridized carbons (Fsp3) is 0.500. The van der Waals surface area contributed by atoms with Crippen molar-refractivity contribution < 1.29 is 31.5 Å². The summed E-state index contributed by atoms with van der Waals surface area (Å²) in [4.78, 5) is 13.5. The highest BCUT2D eigenvalue weighted by molar-refractivity contribution is 5.85. The van der Waals surface area contributed by atoms with Gasteiger partial charge in [0.25, 0.3) is 0 Å². The predicted octanol–water partition coefficient (Wildman–Crippen LogP) is 1.16. The number of ether oxygens (including phenoxy) is 1. The molecule has 3 fully saturated rings. The molecule has 5 heteroatoms. The van der Waals surface area contributed by atoms with E-state index in [4.69, 9.17) is 4.74 Å². The molecule has 3 heterocycles. The van der Waals surface area contributed by atoms with Crippen LogP contribution in [0.25, 0.3) is 0 Å². The first-order valence-electron chi connectivity index (χ1n) is 11.5. The first-order chi connectivity index (χ1) is 14.6. The van der Waals surface area contributed by atoms with Crippen molar-refractivity contribution in [1.29, 1.82) is 0 Å². The van der Waals surface area contributed by atoms with Crippen LogP contribution in [0.4, 0.5) is 0 Å². The van der Waals surface area contributed by atoms with Crippen molar-refractivity contribution in [3.05, 3.63) is 71.8 Å². The minimum absolute atomic E-state index is 0. The van der Waals surface area contributed by atoms with Gasteiger partial charge in [0, 0.05) is 25.7 Å². The molecule has 2 atom stereocenters. The zero-order chi connectivity index (χ0) is 20.6. The maximum absolute atomic E-state index is 13.5. The summed E-state index contributed by atoms with van der Waals surface area (Å²) in [7, 11) is 0. The van der Waals surface area contributed by atoms with Gasteiger partial charge in [-0.15, -0.1) is 0 Å². The number of hydrogen-bond acceptors (Lipinski definition) is 3. The van der Waals surface area contributed by atoms with Gasteiger partial charge in [-0.3, -0.25) is 0 Å². The number of hydrogen-bond donors (Lipinski definition) is 1. The number of aliphatic hydroxyl groups is 1. The Morgan fingerprint density at radius 3 is 1.81 bits per heavy atom. The molecule has 1 N–H and O–H groups in total. The summed E-state index contributed by atoms with van der Waals surface area (Å²) < 4.78 is 7.35. The van der Waals surface area contributed by atoms with E-state index in [1.807, 2.05) is 36.4 Å². The summed E-state index contributed by atoms with van der Waals surface area (Å²) in [5.41, 5.74) is -0.671. The molecule has 166 valence electrons. The number of benzene rings is 2. The SMILES string of the molecule is O=C(OC1CC2CCC(C1)[N+]21CCCCC1)C(O)(c1ccccc1)c1ccccc1.[Cl-]. The van der Waals surface area contributed by atoms with Gasteiger partial charge in [0.1, 0.15) is 6.10 Å². The highest BCUT2D eigenvalue weighted by Gasteiger charge is 2.55. The zero-order valence-electron chi connectivity index (χ0n) is 18.0. The van der Waals surface area contributed by atoms with E-state index in [0.717, 1.165) is 12.8 Å². The highest BCUT2D eigenvalue weighted by atomic mass is 35.5. The highest BCUT2D eigenvalue weighted by Crippen LogP contribution is 2.46. The average molecular weight is 442 g/mol. The second-order valence-corrected chi connectivity index (χ2v) is 9.44. The van der Waals surface area contributed by atoms with Gasteiger partial charge in [-0.05, 0) is 30.4 Å². The summed E-state index contributed by atoms with van der Waals surface area (Å²) in [5, 5.41) is 11.7. The lowest BCUT2D eigenvalue weighted by Crippen LogP contribution is -3.00. The van der Waals surface area contributed by atoms with Crippen LogP contribution in [0.1, 0.15) is 56.1 Å². The van der Waals surface area contributed by atoms with Crippen molar-refractivity contribution in [2.45, 2.75) is 68.7 Å². The molecule has 1 spiro atoms. The molecule has 3 saturated heterocycles. The first-order valence-corrected chi connectivity index (χ1v) is 11.5. The quantitative estimate of drug-likeness (QED) is 0.572. The van der Waals surface area contributed by atoms with Crippen molar-refractivity contribution in [3.8, 4) is 0 Å². The molecule has 0 amide bonds. The molecular weight excluding hydrogens is 410 g/mol. The fourth-order valence-corrected chi connectivity index (χ4v) is 6.48. The van der Waals surface area contributed by atoms with Crippen LogP contribution in [0.15, 0.2) is 60.7 Å². The molecule has 4 nitrogen and oxygen atoms in total. The van der Waals surface area contributed by atoms with E-state index in [2.05, 4.69) is 0 Å². The summed E-state index contributed by atoms with van der Waals surface area (Å²) in [6.45, 7) is 2.60. The summed E-state index contributed by atoms with van der Waals surface area (Å²) in [6, 6.07) is 19.6. The Morgan fingerprint density at radius 2 is 1.32 bits per heavy atom. The third-order valence-electron chi connectivity index (χ3n) is 7.96. The Morgan fingerprint density at radius 1 is 0.839 bits per heavy atom. The number of carbonyl (C=O) groups excluding carboxylic acids is 1. The van der Waals surface area contributed by atoms with E-state index >= 15 is 0 Å². The predicted molar refractivity (Wildman–Crippen MR) is 116 cm³/mol. The second kappa shape index (κ2) is 8.93. The van der Waals surface area contributed by atoms with Gasteiger partial charge in [-0.2, -0.15) is 0 Å². The van der Waals surface area contributed by atoms with Crippen molar-refractivity contribution in [3.63, 3.8) is 0 Å². The van der Waals surface area contributed by atoms with Crippen LogP contribution in [-0.4, -0.2) is 46.8 Å². The number of halogens is 1. The summed E-state index contributed by atoms with van der Waals surface area (Å²) >= 11 is 0. The van der Waals surface area contributed by atoms with Crippen LogP contribution in [0, 0.1) is 0 Å². The topological polar surface area (TPSA) is 46.5 Å². The minimum atomic E-state index is -1.78. The second-order valence-electron chi connectivity index (χ2n) is 9.44. The lowest BCUT2D eigenvalue weighted by molar-refractivity contribution is -0.970. The Labute approximate surface area is 191 Å². The van der Waals surface area contributed by atoms with Gasteiger partial charge < -0.3 is 26.7 Å². The number of carbonyl (C=O) groups is 1. The van der Waals surface area contributed by atoms with Gasteiger partial charge in [0.15, 0.2) is 0 Å². The molecule has 2 bridgehead atoms. The molecule has 0 saturated carbocycles. The van der Waals surface area contributed by atoms with Crippen molar-refractivity contribution >= 4 is 5.97 Å². The maximum Gasteiger partial charge on any atom is 0.347 e. The molecule has 2 unspecified atom stereocenters. The third kappa shape index (κ3) is 3.79. The maximum atomic E-state index is 13.5. The zero-order valence-corrected chi connectivity index (χ0v) is 18.7. The Hall–Kier alpha value is -1.88. The minimum Gasteiger partial charge on any atom is -1.00 e. The van der Waals surface area contributed by atoms with E-state index in [0.29, 0.717) is 23.2 Å². The first kappa shape index (κ1) is 22.3. The largest absolute Gasteiger partial charge is 1.00 e. The van der Waals surface area contributed by atoms with Crippen molar-refractivity contribution in [2.75, 3.05) is 13.1 Å². The van der Waals surface area contributed by atoms with Crippen molar-refractivity contribution in [1.82, 2.24) is 0 Å². The monoisotopic (exact) mass is 441 g/mol. The van der Waals surface area contributed by atoms with Gasteiger partial charge in [0.05, 0.1) is 25.2 Å². The summed E-state index contributed by atoms with van der Waals surface area (Å²) in [6.07, 6.45) is 8.29. The summed E-state index contributed by atoms with van der Waals surface area (Å²) in [5.74, 6) is -0.545. The Balaban J connectivity index is 0.00000231. The average Bonchev–Trinajstić information content (AvgIpc) is 2.97. The van der Waals surface area contributed by atoms with Crippen molar-refractivity contribution in [2.24, 2.45) is 0 Å². The molecule has 0 radical (unpaired) electrons. The molecule has 2 aromatic carbocycles. The lowest BCUT2D eigenvalue weighted by atomic mass is 9.86. The number of piperidine rings is 2. The molecule has 2 aromatic rings. The standard InChI is InChI=1S/C26H32NO3.ClH/c28-25(26(29,20-10-4-1-5-11-20)21-12-6-2-7-13-21)30-24-18-22-14-15-23(19-24)27(22)16-8-3-9-17-27;/h1-2,4-7,10-13,22-24,29H,3,8-9,14-19H2;1H/q+1;/p-1. The van der Waals surface area contributed by atoms with E-state index in [1.165, 1.54) is 49.7 Å². The molecular formula is C26H32ClNO3. The molecule has 3 aliphatic heterocycles. The van der Waals surface area contributed by atoms with Crippen LogP contribution < -0.4 is 12.4 Å². The fourth-order valence-electron chi connectivity index (χ4n) is 6.48. The van der Waals surface area contributed by atoms with Gasteiger partial charge >= 0.3 is 5.97 Å². The molecule has 5 rings (SSSR count). The van der Waals surface area contributed by atoms with Crippen LogP contribution in [0.3, 0.4) is 0 Å². The Bertz CT molecular complexity index is 827. The number of rotatable bonds is 4. The molecule has 3 aliphatic rings. The third-order valence-corrected chi connectivity index (χ3v) is 7.96. The lowest BCUT2D eigenvalue weighted by Gasteiger charge is -2.51. The van der Waals surface area contributed by atoms with E-state index in [1.54, 1.807) is 24.3 Å². The van der Waals surface area contributed by atoms with Gasteiger partial charge in [-0.25, -0.2) is 4.79 Å².